The molecule has 1 aliphatic heterocycles. The molecule has 12 nitrogen and oxygen atoms in total. The van der Waals surface area contributed by atoms with Crippen molar-refractivity contribution >= 4 is 23.2 Å². The third-order valence-electron chi connectivity index (χ3n) is 11.4. The molecule has 7 rings (SSSR count). The lowest BCUT2D eigenvalue weighted by Crippen LogP contribution is -2.64. The number of benzene rings is 3. The van der Waals surface area contributed by atoms with Crippen LogP contribution in [-0.2, 0) is 22.6 Å². The fourth-order valence-electron chi connectivity index (χ4n) is 8.86. The molecule has 1 aromatic heterocycles. The second-order valence-corrected chi connectivity index (χ2v) is 16.5. The normalized spacial score (nSPS) is 23.7. The van der Waals surface area contributed by atoms with Gasteiger partial charge >= 0.3 is 0 Å². The number of hydrogen-bond donors (Lipinski definition) is 2. The average molecular weight is 821 g/mol. The van der Waals surface area contributed by atoms with Gasteiger partial charge in [0.1, 0.15) is 23.9 Å². The quantitative estimate of drug-likeness (QED) is 0.0358. The molecule has 0 radical (unpaired) electrons. The van der Waals surface area contributed by atoms with E-state index in [9.17, 15) is 20.3 Å². The number of thioether (sulfide) groups is 1. The van der Waals surface area contributed by atoms with Crippen molar-refractivity contribution in [1.82, 2.24) is 9.97 Å². The number of nitrogens with zero attached hydrogens (tertiary/aromatic N) is 4. The first-order chi connectivity index (χ1) is 28.9. The van der Waals surface area contributed by atoms with Crippen molar-refractivity contribution in [3.8, 4) is 17.2 Å². The molecule has 1 saturated carbocycles. The molecule has 3 aliphatic rings. The van der Waals surface area contributed by atoms with Crippen LogP contribution >= 0.6 is 11.8 Å². The smallest absolute Gasteiger partial charge is 0.273 e. The summed E-state index contributed by atoms with van der Waals surface area (Å²) in [7, 11) is 0. The fourth-order valence-corrected chi connectivity index (χ4v) is 10.2. The largest absolute Gasteiger partial charge is 0.460 e. The molecule has 4 aromatic rings. The van der Waals surface area contributed by atoms with Crippen molar-refractivity contribution in [2.45, 2.75) is 74.9 Å². The summed E-state index contributed by atoms with van der Waals surface area (Å²) in [4.78, 5) is 26.2. The van der Waals surface area contributed by atoms with Crippen molar-refractivity contribution in [3.05, 3.63) is 143 Å². The Labute approximate surface area is 349 Å². The molecule has 1 fully saturated rings. The summed E-state index contributed by atoms with van der Waals surface area (Å²) in [5.74, 6) is 0.921. The van der Waals surface area contributed by atoms with Gasteiger partial charge in [0.25, 0.3) is 5.69 Å². The summed E-state index contributed by atoms with van der Waals surface area (Å²) in [6.07, 6.45) is 15.2. The highest BCUT2D eigenvalue weighted by atomic mass is 32.2. The number of aryl methyl sites for hydroxylation is 1. The van der Waals surface area contributed by atoms with Gasteiger partial charge in [0.15, 0.2) is 0 Å². The maximum absolute atomic E-state index is 11.6. The van der Waals surface area contributed by atoms with Gasteiger partial charge in [-0.25, -0.2) is 0 Å². The summed E-state index contributed by atoms with van der Waals surface area (Å²) in [6, 6.07) is 21.9. The van der Waals surface area contributed by atoms with Gasteiger partial charge in [0.2, 0.25) is 5.79 Å². The SMILES string of the molecule is C=CCOC12Oc3ccc(Oc4cccc([N+](=O)[O-])c4)cc3C3C(CCCCO)C(CCCCO)C=C(C(=NOCc4ccccc4)CC1SCCc1cnccn1)C32. The number of aromatic nitrogens is 2. The number of nitro benzene ring substituents is 1. The number of hydrogen-bond acceptors (Lipinski definition) is 12. The van der Waals surface area contributed by atoms with Crippen molar-refractivity contribution in [3.63, 3.8) is 0 Å². The van der Waals surface area contributed by atoms with Crippen LogP contribution in [0.25, 0.3) is 0 Å². The molecule has 3 aromatic carbocycles. The fraction of sp³-hybridized carbons (Fsp3) is 0.413. The number of ether oxygens (including phenoxy) is 3. The molecular weight excluding hydrogens is 769 g/mol. The van der Waals surface area contributed by atoms with Crippen LogP contribution in [0.4, 0.5) is 5.69 Å². The predicted molar refractivity (Wildman–Crippen MR) is 228 cm³/mol. The first-order valence-corrected chi connectivity index (χ1v) is 21.5. The van der Waals surface area contributed by atoms with Gasteiger partial charge in [-0.15, -0.1) is 6.58 Å². The molecule has 0 spiro atoms. The van der Waals surface area contributed by atoms with E-state index in [4.69, 9.17) is 24.2 Å². The minimum Gasteiger partial charge on any atom is -0.460 e. The molecule has 13 heteroatoms. The van der Waals surface area contributed by atoms with Gasteiger partial charge in [-0.3, -0.25) is 20.1 Å². The van der Waals surface area contributed by atoms with Crippen molar-refractivity contribution in [1.29, 1.82) is 0 Å². The maximum atomic E-state index is 11.6. The van der Waals surface area contributed by atoms with Gasteiger partial charge in [0, 0.05) is 62.2 Å². The number of aliphatic hydroxyl groups excluding tert-OH is 2. The van der Waals surface area contributed by atoms with Crippen molar-refractivity contribution in [2.24, 2.45) is 22.9 Å². The Morgan fingerprint density at radius 1 is 1.00 bits per heavy atom. The Morgan fingerprint density at radius 3 is 2.58 bits per heavy atom. The zero-order valence-electron chi connectivity index (χ0n) is 33.1. The number of allylic oxidation sites excluding steroid dienone is 1. The van der Waals surface area contributed by atoms with Gasteiger partial charge in [0.05, 0.1) is 40.2 Å². The third-order valence-corrected chi connectivity index (χ3v) is 12.8. The second kappa shape index (κ2) is 20.3. The lowest BCUT2D eigenvalue weighted by atomic mass is 9.56. The number of aliphatic hydroxyl groups is 2. The van der Waals surface area contributed by atoms with Crippen LogP contribution in [0.3, 0.4) is 0 Å². The maximum Gasteiger partial charge on any atom is 0.273 e. The van der Waals surface area contributed by atoms with Crippen LogP contribution in [0.5, 0.6) is 17.2 Å². The van der Waals surface area contributed by atoms with Gasteiger partial charge in [-0.2, -0.15) is 11.8 Å². The van der Waals surface area contributed by atoms with Crippen LogP contribution in [0.1, 0.15) is 67.7 Å². The number of oxime groups is 1. The van der Waals surface area contributed by atoms with Crippen molar-refractivity contribution in [2.75, 3.05) is 25.6 Å². The molecule has 2 aliphatic carbocycles. The average Bonchev–Trinajstić information content (AvgIpc) is 3.26. The van der Waals surface area contributed by atoms with Gasteiger partial charge in [-0.1, -0.05) is 66.5 Å². The number of non-ortho nitro benzene ring substituents is 1. The minimum absolute atomic E-state index is 0.0592. The molecule has 0 amide bonds. The van der Waals surface area contributed by atoms with E-state index < -0.39 is 10.7 Å². The number of unbranched alkanes of at least 4 members (excludes halogenated alkanes) is 2. The highest BCUT2D eigenvalue weighted by Gasteiger charge is 2.64. The Kier molecular flexibility index (Phi) is 14.4. The molecule has 2 heterocycles. The molecule has 59 heavy (non-hydrogen) atoms. The summed E-state index contributed by atoms with van der Waals surface area (Å²) >= 11 is 1.77. The van der Waals surface area contributed by atoms with Crippen LogP contribution in [0.2, 0.25) is 0 Å². The summed E-state index contributed by atoms with van der Waals surface area (Å²) in [5, 5.41) is 36.1. The number of nitro groups is 1. The Balaban J connectivity index is 1.36. The highest BCUT2D eigenvalue weighted by Crippen LogP contribution is 2.62. The van der Waals surface area contributed by atoms with E-state index in [1.165, 1.54) is 12.1 Å². The molecule has 6 unspecified atom stereocenters. The third kappa shape index (κ3) is 9.87. The van der Waals surface area contributed by atoms with Gasteiger partial charge in [-0.05, 0) is 78.7 Å². The van der Waals surface area contributed by atoms with Gasteiger partial charge < -0.3 is 29.3 Å². The molecular formula is C46H52N4O8S. The van der Waals surface area contributed by atoms with Crippen LogP contribution in [0, 0.1) is 27.9 Å². The van der Waals surface area contributed by atoms with Crippen LogP contribution in [0.15, 0.2) is 121 Å². The molecule has 2 N–H and O–H groups in total. The van der Waals surface area contributed by atoms with E-state index in [1.807, 2.05) is 48.5 Å². The first-order valence-electron chi connectivity index (χ1n) is 20.5. The Bertz CT molecular complexity index is 2090. The van der Waals surface area contributed by atoms with Crippen LogP contribution in [-0.4, -0.2) is 67.4 Å². The van der Waals surface area contributed by atoms with E-state index in [1.54, 1.807) is 48.6 Å². The number of fused-ring (bicyclic) bond motifs is 2. The summed E-state index contributed by atoms with van der Waals surface area (Å²) < 4.78 is 20.7. The van der Waals surface area contributed by atoms with E-state index in [0.29, 0.717) is 49.5 Å². The summed E-state index contributed by atoms with van der Waals surface area (Å²) in [6.45, 7) is 4.82. The molecule has 310 valence electrons. The van der Waals surface area contributed by atoms with E-state index in [2.05, 4.69) is 22.6 Å². The van der Waals surface area contributed by atoms with E-state index >= 15 is 0 Å². The standard InChI is InChI=1S/C46H52N4O8S/c1-2-24-55-46-43(59-25-19-34-30-47-20-21-48-34)29-41(49-56-31-32-11-4-3-5-12-32)39-26-33(13-6-8-22-51)38(16-7-9-23-52)44(45(39)46)40-28-37(17-18-42(40)58-46)57-36-15-10-14-35(27-36)50(53)54/h2-5,10-12,14-15,17-18,20-21,26-28,30,33,38,43-45,51-52H,1,6-9,13,16,19,22-25,29,31H2. The minimum atomic E-state index is -1.13. The molecule has 6 atom stereocenters. The van der Waals surface area contributed by atoms with E-state index in [-0.39, 0.29) is 54.4 Å². The lowest BCUT2D eigenvalue weighted by Gasteiger charge is -2.58. The predicted octanol–water partition coefficient (Wildman–Crippen LogP) is 8.99. The highest BCUT2D eigenvalue weighted by molar-refractivity contribution is 8.00. The molecule has 0 bridgehead atoms. The first kappa shape index (κ1) is 42.1. The molecule has 0 saturated heterocycles. The zero-order valence-corrected chi connectivity index (χ0v) is 34.0. The summed E-state index contributed by atoms with van der Waals surface area (Å²) in [5.41, 5.74) is 4.68. The zero-order chi connectivity index (χ0) is 41.0. The van der Waals surface area contributed by atoms with Crippen molar-refractivity contribution < 1.29 is 34.2 Å². The van der Waals surface area contributed by atoms with E-state index in [0.717, 1.165) is 59.5 Å². The number of rotatable bonds is 21. The topological polar surface area (TPSA) is 159 Å². The monoisotopic (exact) mass is 820 g/mol. The lowest BCUT2D eigenvalue weighted by molar-refractivity contribution is -0.384. The Hall–Kier alpha value is -5.08. The second-order valence-electron chi connectivity index (χ2n) is 15.2. The Morgan fingerprint density at radius 2 is 1.81 bits per heavy atom. The van der Waals surface area contributed by atoms with Crippen LogP contribution < -0.4 is 9.47 Å².